The number of aromatic nitrogens is 3. The maximum atomic E-state index is 14.2. The van der Waals surface area contributed by atoms with E-state index in [1.54, 1.807) is 6.08 Å². The zero-order chi connectivity index (χ0) is 36.0. The van der Waals surface area contributed by atoms with E-state index in [0.717, 1.165) is 39.8 Å². The van der Waals surface area contributed by atoms with Crippen LogP contribution in [0.1, 0.15) is 90.2 Å². The van der Waals surface area contributed by atoms with E-state index in [1.165, 1.54) is 7.11 Å². The van der Waals surface area contributed by atoms with Gasteiger partial charge in [0.15, 0.2) is 5.78 Å². The Balaban J connectivity index is 0.00000504. The minimum atomic E-state index is -1.24. The smallest absolute Gasteiger partial charge is 0.657 e. The molecule has 3 aromatic heterocycles. The second-order valence-corrected chi connectivity index (χ2v) is 13.1. The third kappa shape index (κ3) is 6.49. The van der Waals surface area contributed by atoms with Gasteiger partial charge in [0.2, 0.25) is 0 Å². The molecule has 0 amide bonds. The molecule has 0 unspecified atom stereocenters. The van der Waals surface area contributed by atoms with Crippen LogP contribution in [-0.4, -0.2) is 59.6 Å². The Hall–Kier alpha value is -4.74. The van der Waals surface area contributed by atoms with Crippen molar-refractivity contribution in [3.63, 3.8) is 0 Å². The number of ketones is 1. The Kier molecular flexibility index (Phi) is 10.9. The van der Waals surface area contributed by atoms with Crippen molar-refractivity contribution >= 4 is 76.9 Å². The fourth-order valence-corrected chi connectivity index (χ4v) is 7.12. The number of hydrogen-bond acceptors (Lipinski definition) is 7. The topological polar surface area (TPSA) is 144 Å². The Morgan fingerprint density at radius 2 is 1.76 bits per heavy atom. The Labute approximate surface area is 312 Å². The van der Waals surface area contributed by atoms with E-state index in [9.17, 15) is 19.5 Å². The molecule has 2 atom stereocenters. The van der Waals surface area contributed by atoms with Crippen molar-refractivity contribution in [2.24, 2.45) is 11.8 Å². The molecule has 0 radical (unpaired) electrons. The van der Waals surface area contributed by atoms with Crippen molar-refractivity contribution < 1.29 is 29.0 Å². The van der Waals surface area contributed by atoms with Crippen LogP contribution in [-0.2, 0) is 25.5 Å². The number of nitrogens with one attached hydrogen (secondary N) is 1. The summed E-state index contributed by atoms with van der Waals surface area (Å²) in [5, 5.41) is 15.9. The first-order chi connectivity index (χ1) is 23.9. The molecule has 6 rings (SSSR count). The molecule has 51 heavy (non-hydrogen) atoms. The van der Waals surface area contributed by atoms with Crippen LogP contribution in [0.4, 0.5) is 0 Å². The van der Waals surface area contributed by atoms with Crippen LogP contribution in [0.2, 0.25) is 0 Å². The number of ether oxygens (including phenoxy) is 2. The molecule has 0 fully saturated rings. The van der Waals surface area contributed by atoms with Crippen LogP contribution in [0, 0.1) is 25.7 Å². The van der Waals surface area contributed by atoms with Gasteiger partial charge in [-0.15, -0.1) is 33.1 Å². The number of hydrogen-bond donors (Lipinski definition) is 2. The van der Waals surface area contributed by atoms with Gasteiger partial charge in [-0.2, -0.15) is 0 Å². The minimum Gasteiger partial charge on any atom is -0.657 e. The molecule has 3 aliphatic rings. The summed E-state index contributed by atoms with van der Waals surface area (Å²) in [5.74, 6) is -2.92. The number of esters is 2. The standard InChI is InChI=1S/C40H41N4O6.Mg/c1-9-23-20(5)27-15-28-21(6)25(11-12-33(46)50-14-13-19(3)4)37(43-28)35-36(40(48)49-8)39(47)34-22(7)29(44-38(34)35)16-31-24(10-2)26(18-45)32(42-31)17-30(23)41-27;/h9,13,15-18,21,36,43H,1,10-12,14H2,2-8H3,(H,45,47);/q-3;+2/b28-15-,32-17-;/t21-,36+;/m0./s1. The van der Waals surface area contributed by atoms with Gasteiger partial charge in [-0.25, -0.2) is 0 Å². The van der Waals surface area contributed by atoms with Gasteiger partial charge in [0, 0.05) is 29.3 Å². The number of aliphatic hydroxyl groups is 1. The number of Topliss-reactive ketones (excluding diaryl/α,β-unsaturated/α-hetero) is 1. The van der Waals surface area contributed by atoms with Crippen LogP contribution in [0.25, 0.3) is 36.1 Å². The number of rotatable bonds is 8. The van der Waals surface area contributed by atoms with Crippen molar-refractivity contribution in [1.82, 2.24) is 20.3 Å². The van der Waals surface area contributed by atoms with Gasteiger partial charge in [-0.3, -0.25) is 14.4 Å². The molecule has 2 N–H and O–H groups in total. The van der Waals surface area contributed by atoms with Crippen LogP contribution < -0.4 is 41.5 Å². The van der Waals surface area contributed by atoms with E-state index in [-0.39, 0.29) is 48.0 Å². The molecule has 0 aromatic carbocycles. The van der Waals surface area contributed by atoms with Crippen molar-refractivity contribution in [3.05, 3.63) is 101 Å². The number of carbonyl (C=O) groups excluding carboxylic acids is 3. The third-order valence-electron chi connectivity index (χ3n) is 9.88. The molecule has 8 bridgehead atoms. The first-order valence-electron chi connectivity index (χ1n) is 16.8. The summed E-state index contributed by atoms with van der Waals surface area (Å²) in [7, 11) is 1.26. The first kappa shape index (κ1) is 37.5. The largest absolute Gasteiger partial charge is 2.00 e. The van der Waals surface area contributed by atoms with Gasteiger partial charge in [0.1, 0.15) is 12.5 Å². The van der Waals surface area contributed by atoms with Gasteiger partial charge in [-0.05, 0) is 68.5 Å². The summed E-state index contributed by atoms with van der Waals surface area (Å²) in [5.41, 5.74) is 9.12. The number of carbonyl (C=O) groups is 3. The zero-order valence-corrected chi connectivity index (χ0v) is 31.6. The summed E-state index contributed by atoms with van der Waals surface area (Å²) in [6, 6.07) is 0. The van der Waals surface area contributed by atoms with E-state index >= 15 is 0 Å². The van der Waals surface area contributed by atoms with Gasteiger partial charge in [-0.1, -0.05) is 67.0 Å². The van der Waals surface area contributed by atoms with E-state index in [2.05, 4.69) is 11.9 Å². The molecular formula is C40H41MgN4O6-. The molecule has 0 saturated carbocycles. The Bertz CT molecular complexity index is 2320. The summed E-state index contributed by atoms with van der Waals surface area (Å²) in [6.07, 6.45) is 11.3. The van der Waals surface area contributed by atoms with E-state index in [0.29, 0.717) is 73.6 Å². The molecule has 10 nitrogen and oxygen atoms in total. The van der Waals surface area contributed by atoms with Crippen LogP contribution in [0.5, 0.6) is 0 Å². The number of methoxy groups -OCH3 is 1. The Morgan fingerprint density at radius 1 is 1.04 bits per heavy atom. The number of allylic oxidation sites excluding steroid dienone is 3. The Morgan fingerprint density at radius 3 is 2.41 bits per heavy atom. The SMILES string of the molecule is C=Cc1c2[n-]c(c1C)/C=C1\NC(=C(CCC(=O)OCC=C(C)C)[C@@H]1C)C1=c3[n-]/c(c(C)c3C(=O)[C@@H]1C(=O)OC)=C\c1[n-]c(/c(=C\O)c1CC)=C\2.[Mg+2]. The third-order valence-corrected chi connectivity index (χ3v) is 9.88. The molecule has 1 aliphatic carbocycles. The number of fused-ring (bicyclic) bond motifs is 8. The normalized spacial score (nSPS) is 20.0. The summed E-state index contributed by atoms with van der Waals surface area (Å²) >= 11 is 0. The van der Waals surface area contributed by atoms with Crippen LogP contribution in [0.15, 0.2) is 35.2 Å². The predicted octanol–water partition coefficient (Wildman–Crippen LogP) is 2.23. The second-order valence-electron chi connectivity index (χ2n) is 13.1. The van der Waals surface area contributed by atoms with Gasteiger partial charge in [0.25, 0.3) is 0 Å². The average Bonchev–Trinajstić information content (AvgIpc) is 3.83. The van der Waals surface area contributed by atoms with E-state index in [4.69, 9.17) is 24.4 Å². The van der Waals surface area contributed by atoms with Crippen molar-refractivity contribution in [2.75, 3.05) is 13.7 Å². The molecule has 2 aliphatic heterocycles. The van der Waals surface area contributed by atoms with Gasteiger partial charge < -0.3 is 34.8 Å². The van der Waals surface area contributed by atoms with Crippen molar-refractivity contribution in [3.8, 4) is 0 Å². The monoisotopic (exact) mass is 697 g/mol. The van der Waals surface area contributed by atoms with Gasteiger partial charge in [0.05, 0.1) is 13.4 Å². The molecule has 5 heterocycles. The van der Waals surface area contributed by atoms with E-state index in [1.807, 2.05) is 65.8 Å². The predicted molar refractivity (Wildman–Crippen MR) is 197 cm³/mol. The van der Waals surface area contributed by atoms with Crippen molar-refractivity contribution in [1.29, 1.82) is 0 Å². The number of nitrogens with zero attached hydrogens (tertiary/aromatic N) is 3. The molecular weight excluding hydrogens is 657 g/mol. The maximum Gasteiger partial charge on any atom is 2.00 e. The summed E-state index contributed by atoms with van der Waals surface area (Å²) in [4.78, 5) is 55.3. The number of aliphatic hydroxyl groups excluding tert-OH is 1. The fraction of sp³-hybridized carbons (Fsp3) is 0.325. The first-order valence-corrected chi connectivity index (χ1v) is 16.8. The second kappa shape index (κ2) is 14.9. The van der Waals surface area contributed by atoms with Gasteiger partial charge >= 0.3 is 35.0 Å². The maximum absolute atomic E-state index is 14.2. The molecule has 0 saturated heterocycles. The summed E-state index contributed by atoms with van der Waals surface area (Å²) in [6.45, 7) is 15.9. The van der Waals surface area contributed by atoms with Crippen LogP contribution in [0.3, 0.4) is 0 Å². The minimum absolute atomic E-state index is 0. The molecule has 0 spiro atoms. The molecule has 260 valence electrons. The molecule has 11 heteroatoms. The van der Waals surface area contributed by atoms with Crippen LogP contribution >= 0.6 is 0 Å². The zero-order valence-electron chi connectivity index (χ0n) is 30.2. The van der Waals surface area contributed by atoms with Crippen molar-refractivity contribution in [2.45, 2.75) is 60.8 Å². The molecule has 3 aromatic rings. The average molecular weight is 698 g/mol. The summed E-state index contributed by atoms with van der Waals surface area (Å²) < 4.78 is 10.6. The quantitative estimate of drug-likeness (QED) is 0.156. The fourth-order valence-electron chi connectivity index (χ4n) is 7.12. The van der Waals surface area contributed by atoms with E-state index < -0.39 is 17.7 Å².